The molecule has 1 aliphatic carbocycles. The maximum absolute atomic E-state index is 12.9. The van der Waals surface area contributed by atoms with Gasteiger partial charge < -0.3 is 30.7 Å². The summed E-state index contributed by atoms with van der Waals surface area (Å²) >= 11 is 13.0. The Labute approximate surface area is 230 Å². The van der Waals surface area contributed by atoms with Gasteiger partial charge in [-0.2, -0.15) is 0 Å². The summed E-state index contributed by atoms with van der Waals surface area (Å²) in [4.78, 5) is 19.6. The van der Waals surface area contributed by atoms with Gasteiger partial charge in [-0.05, 0) is 49.2 Å². The summed E-state index contributed by atoms with van der Waals surface area (Å²) in [7, 11) is 2.95. The Kier molecular flexibility index (Phi) is 7.09. The van der Waals surface area contributed by atoms with Crippen LogP contribution in [0.3, 0.4) is 0 Å². The molecule has 0 bridgehead atoms. The number of carbonyl (C=O) groups excluding carboxylic acids is 1. The number of nitrogens with one attached hydrogen (secondary N) is 3. The van der Waals surface area contributed by atoms with Gasteiger partial charge in [0.25, 0.3) is 5.91 Å². The van der Waals surface area contributed by atoms with Crippen LogP contribution in [-0.2, 0) is 4.79 Å². The molecule has 1 spiro atoms. The van der Waals surface area contributed by atoms with Gasteiger partial charge in [0.2, 0.25) is 0 Å². The minimum Gasteiger partial charge on any atom is -0.495 e. The van der Waals surface area contributed by atoms with Gasteiger partial charge in [0, 0.05) is 53.7 Å². The molecule has 38 heavy (non-hydrogen) atoms. The van der Waals surface area contributed by atoms with E-state index >= 15 is 0 Å². The highest BCUT2D eigenvalue weighted by atomic mass is 35.5. The van der Waals surface area contributed by atoms with Crippen molar-refractivity contribution in [2.45, 2.75) is 18.4 Å². The molecule has 5 rings (SSSR count). The molecule has 2 aliphatic rings. The molecule has 1 saturated carbocycles. The fourth-order valence-electron chi connectivity index (χ4n) is 4.67. The van der Waals surface area contributed by atoms with Crippen LogP contribution >= 0.6 is 23.2 Å². The van der Waals surface area contributed by atoms with E-state index in [4.69, 9.17) is 43.8 Å². The zero-order valence-electron chi connectivity index (χ0n) is 21.0. The predicted molar refractivity (Wildman–Crippen MR) is 151 cm³/mol. The topological polar surface area (TPSA) is 126 Å². The van der Waals surface area contributed by atoms with Crippen molar-refractivity contribution in [3.05, 3.63) is 58.1 Å². The Balaban J connectivity index is 1.31. The molecule has 0 atom stereocenters. The van der Waals surface area contributed by atoms with E-state index in [9.17, 15) is 4.79 Å². The van der Waals surface area contributed by atoms with Crippen LogP contribution in [0, 0.1) is 5.41 Å². The van der Waals surface area contributed by atoms with Crippen LogP contribution < -0.4 is 30.7 Å². The van der Waals surface area contributed by atoms with Crippen molar-refractivity contribution in [1.82, 2.24) is 10.3 Å². The van der Waals surface area contributed by atoms with Gasteiger partial charge in [-0.3, -0.25) is 10.2 Å². The Bertz CT molecular complexity index is 1380. The lowest BCUT2D eigenvalue weighted by atomic mass is 10.1. The van der Waals surface area contributed by atoms with Crippen LogP contribution in [0.15, 0.2) is 42.5 Å². The lowest BCUT2D eigenvalue weighted by molar-refractivity contribution is -0.110. The van der Waals surface area contributed by atoms with E-state index in [-0.39, 0.29) is 32.7 Å². The first-order valence-corrected chi connectivity index (χ1v) is 12.9. The van der Waals surface area contributed by atoms with E-state index in [1.165, 1.54) is 27.1 Å². The summed E-state index contributed by atoms with van der Waals surface area (Å²) < 4.78 is 10.6. The van der Waals surface area contributed by atoms with Gasteiger partial charge in [-0.25, -0.2) is 4.98 Å². The van der Waals surface area contributed by atoms with Gasteiger partial charge in [-0.15, -0.1) is 0 Å². The number of hydrogen-bond acceptors (Lipinski definition) is 8. The maximum Gasteiger partial charge on any atom is 0.274 e. The van der Waals surface area contributed by atoms with E-state index in [1.54, 1.807) is 18.2 Å². The summed E-state index contributed by atoms with van der Waals surface area (Å²) in [5, 5.41) is 15.3. The fraction of sp³-hybridized carbons (Fsp3) is 0.296. The van der Waals surface area contributed by atoms with Crippen molar-refractivity contribution in [3.8, 4) is 22.8 Å². The Morgan fingerprint density at radius 2 is 1.76 bits per heavy atom. The van der Waals surface area contributed by atoms with Crippen molar-refractivity contribution in [2.24, 2.45) is 0 Å². The third-order valence-corrected chi connectivity index (χ3v) is 7.72. The number of ether oxygens (including phenoxy) is 2. The zero-order chi connectivity index (χ0) is 27.0. The summed E-state index contributed by atoms with van der Waals surface area (Å²) in [6.45, 7) is 2.90. The number of carbonyl (C=O) groups is 1. The first-order chi connectivity index (χ1) is 18.2. The van der Waals surface area contributed by atoms with Gasteiger partial charge in [0.15, 0.2) is 0 Å². The van der Waals surface area contributed by atoms with Gasteiger partial charge in [0.05, 0.1) is 30.0 Å². The molecule has 1 amide bonds. The number of nitrogens with two attached hydrogens (primary N) is 1. The van der Waals surface area contributed by atoms with E-state index in [0.29, 0.717) is 28.4 Å². The van der Waals surface area contributed by atoms with Crippen LogP contribution in [0.1, 0.15) is 18.4 Å². The molecule has 11 heteroatoms. The highest BCUT2D eigenvalue weighted by molar-refractivity contribution is 6.48. The molecule has 3 aromatic rings. The predicted octanol–water partition coefficient (Wildman–Crippen LogP) is 4.60. The minimum atomic E-state index is -0.600. The lowest BCUT2D eigenvalue weighted by Crippen LogP contribution is -2.52. The highest BCUT2D eigenvalue weighted by Crippen LogP contribution is 2.45. The monoisotopic (exact) mass is 554 g/mol. The summed E-state index contributed by atoms with van der Waals surface area (Å²) in [5.74, 6) is 0.0980. The lowest BCUT2D eigenvalue weighted by Gasteiger charge is -2.35. The van der Waals surface area contributed by atoms with Crippen LogP contribution in [-0.4, -0.2) is 56.0 Å². The first kappa shape index (κ1) is 26.1. The second-order valence-corrected chi connectivity index (χ2v) is 10.2. The summed E-state index contributed by atoms with van der Waals surface area (Å²) in [5.41, 5.74) is 8.73. The van der Waals surface area contributed by atoms with Crippen LogP contribution in [0.25, 0.3) is 11.3 Å². The standard InChI is InChI=1S/C27H28Cl2N6O3/c1-37-19-13-20(38-2)23(29)21(22(19)28)18-8-7-17(25(31)34-18)24(30)26(36)33-15-3-5-16(6-4-15)35-12-11-32-27(14-35)9-10-27/h3-8,13,30,32H,9-12,14H2,1-2H3,(H2,31,34)(H,33,36). The second kappa shape index (κ2) is 10.3. The molecule has 2 heterocycles. The molecule has 0 unspecified atom stereocenters. The number of anilines is 3. The number of halogens is 2. The third kappa shape index (κ3) is 4.97. The van der Waals surface area contributed by atoms with Gasteiger partial charge in [-0.1, -0.05) is 23.2 Å². The van der Waals surface area contributed by atoms with Crippen molar-refractivity contribution < 1.29 is 14.3 Å². The SMILES string of the molecule is COc1cc(OC)c(Cl)c(-c2ccc(C(=N)C(=O)Nc3ccc(N4CCNC5(CC5)C4)cc3)c(N)n2)c1Cl. The molecule has 1 aliphatic heterocycles. The number of amides is 1. The smallest absolute Gasteiger partial charge is 0.274 e. The first-order valence-electron chi connectivity index (χ1n) is 12.1. The number of benzene rings is 2. The highest BCUT2D eigenvalue weighted by Gasteiger charge is 2.45. The molecule has 9 nitrogen and oxygen atoms in total. The second-order valence-electron chi connectivity index (χ2n) is 9.42. The number of aromatic nitrogens is 1. The maximum atomic E-state index is 12.9. The van der Waals surface area contributed by atoms with Crippen molar-refractivity contribution in [1.29, 1.82) is 5.41 Å². The minimum absolute atomic E-state index is 0.0142. The number of methoxy groups -OCH3 is 2. The van der Waals surface area contributed by atoms with Crippen molar-refractivity contribution >= 4 is 52.0 Å². The molecule has 198 valence electrons. The number of nitrogen functional groups attached to an aromatic ring is 1. The van der Waals surface area contributed by atoms with Crippen molar-refractivity contribution in [2.75, 3.05) is 49.8 Å². The number of hydrogen-bond donors (Lipinski definition) is 4. The summed E-state index contributed by atoms with van der Waals surface area (Å²) in [6, 6.07) is 12.4. The van der Waals surface area contributed by atoms with E-state index in [2.05, 4.69) is 20.5 Å². The Morgan fingerprint density at radius 1 is 1.11 bits per heavy atom. The molecule has 5 N–H and O–H groups in total. The molecular formula is C27H28Cl2N6O3. The number of nitrogens with zero attached hydrogens (tertiary/aromatic N) is 2. The van der Waals surface area contributed by atoms with E-state index < -0.39 is 5.91 Å². The van der Waals surface area contributed by atoms with Gasteiger partial charge >= 0.3 is 0 Å². The molecule has 1 aromatic heterocycles. The number of rotatable bonds is 7. The van der Waals surface area contributed by atoms with Crippen molar-refractivity contribution in [3.63, 3.8) is 0 Å². The molecular weight excluding hydrogens is 527 g/mol. The normalized spacial score (nSPS) is 15.7. The quantitative estimate of drug-likeness (QED) is 0.314. The third-order valence-electron chi connectivity index (χ3n) is 6.97. The van der Waals surface area contributed by atoms with E-state index in [1.807, 2.05) is 24.3 Å². The fourth-order valence-corrected chi connectivity index (χ4v) is 5.36. The van der Waals surface area contributed by atoms with Crippen LogP contribution in [0.4, 0.5) is 17.2 Å². The summed E-state index contributed by atoms with van der Waals surface area (Å²) in [6.07, 6.45) is 2.43. The Hall–Kier alpha value is -3.53. The van der Waals surface area contributed by atoms with Crippen LogP contribution in [0.5, 0.6) is 11.5 Å². The average molecular weight is 555 g/mol. The largest absolute Gasteiger partial charge is 0.495 e. The number of piperazine rings is 1. The molecule has 0 radical (unpaired) electrons. The van der Waals surface area contributed by atoms with E-state index in [0.717, 1.165) is 25.3 Å². The molecule has 2 fully saturated rings. The van der Waals surface area contributed by atoms with Crippen LogP contribution in [0.2, 0.25) is 10.0 Å². The zero-order valence-corrected chi connectivity index (χ0v) is 22.5. The Morgan fingerprint density at radius 3 is 2.34 bits per heavy atom. The number of pyridine rings is 1. The van der Waals surface area contributed by atoms with Gasteiger partial charge in [0.1, 0.15) is 23.0 Å². The molecule has 2 aromatic carbocycles. The average Bonchev–Trinajstić information content (AvgIpc) is 3.67. The molecule has 1 saturated heterocycles.